The number of hydrogen-bond donors (Lipinski definition) is 0. The standard InChI is InChI=1S/C16H12N2O3S2/c1-20-12-7-10-11(8-13(12)21-2)18-15(19)14(23-16(18)17-10)6-9-4-3-5-22-9/h3-8H,1-2H3. The van der Waals surface area contributed by atoms with E-state index < -0.39 is 0 Å². The lowest BCUT2D eigenvalue weighted by Gasteiger charge is -2.06. The molecule has 0 amide bonds. The maximum Gasteiger partial charge on any atom is 0.274 e. The fraction of sp³-hybridized carbons (Fsp3) is 0.125. The number of benzene rings is 1. The van der Waals surface area contributed by atoms with E-state index in [4.69, 9.17) is 9.47 Å². The van der Waals surface area contributed by atoms with Crippen LogP contribution in [-0.4, -0.2) is 23.6 Å². The fourth-order valence-corrected chi connectivity index (χ4v) is 4.20. The van der Waals surface area contributed by atoms with E-state index in [2.05, 4.69) is 4.98 Å². The third-order valence-corrected chi connectivity index (χ3v) is 5.35. The lowest BCUT2D eigenvalue weighted by Crippen LogP contribution is -2.22. The van der Waals surface area contributed by atoms with Crippen molar-refractivity contribution in [1.82, 2.24) is 9.38 Å². The number of aromatic nitrogens is 2. The molecule has 3 heterocycles. The normalized spacial score (nSPS) is 12.3. The molecular weight excluding hydrogens is 332 g/mol. The van der Waals surface area contributed by atoms with Crippen molar-refractivity contribution in [3.8, 4) is 11.5 Å². The van der Waals surface area contributed by atoms with Crippen LogP contribution < -0.4 is 19.6 Å². The molecule has 0 saturated heterocycles. The summed E-state index contributed by atoms with van der Waals surface area (Å²) in [7, 11) is 3.15. The maximum atomic E-state index is 12.7. The van der Waals surface area contributed by atoms with Crippen LogP contribution in [0.5, 0.6) is 11.5 Å². The van der Waals surface area contributed by atoms with Crippen LogP contribution in [0.4, 0.5) is 0 Å². The summed E-state index contributed by atoms with van der Waals surface area (Å²) in [6.45, 7) is 0. The Labute approximate surface area is 139 Å². The van der Waals surface area contributed by atoms with E-state index in [1.807, 2.05) is 23.6 Å². The van der Waals surface area contributed by atoms with Crippen molar-refractivity contribution in [3.63, 3.8) is 0 Å². The number of methoxy groups -OCH3 is 2. The van der Waals surface area contributed by atoms with Gasteiger partial charge < -0.3 is 9.47 Å². The topological polar surface area (TPSA) is 52.8 Å². The molecule has 0 N–H and O–H groups in total. The highest BCUT2D eigenvalue weighted by Gasteiger charge is 2.15. The van der Waals surface area contributed by atoms with Crippen LogP contribution in [0, 0.1) is 0 Å². The summed E-state index contributed by atoms with van der Waals surface area (Å²) in [5.41, 5.74) is 1.38. The van der Waals surface area contributed by atoms with E-state index in [0.29, 0.717) is 26.5 Å². The first kappa shape index (κ1) is 14.2. The molecule has 1 aromatic carbocycles. The first-order valence-corrected chi connectivity index (χ1v) is 8.53. The SMILES string of the molecule is COc1cc2nc3sc(=Cc4cccs4)c(=O)n3c2cc1OC. The highest BCUT2D eigenvalue weighted by molar-refractivity contribution is 7.15. The van der Waals surface area contributed by atoms with E-state index in [0.717, 1.165) is 10.4 Å². The molecule has 7 heteroatoms. The molecule has 0 aliphatic heterocycles. The third kappa shape index (κ3) is 2.20. The molecule has 116 valence electrons. The largest absolute Gasteiger partial charge is 0.493 e. The Hall–Kier alpha value is -2.38. The van der Waals surface area contributed by atoms with Gasteiger partial charge in [-0.25, -0.2) is 9.38 Å². The monoisotopic (exact) mass is 344 g/mol. The van der Waals surface area contributed by atoms with Crippen LogP contribution in [0.15, 0.2) is 34.4 Å². The van der Waals surface area contributed by atoms with E-state index in [1.54, 1.807) is 42.1 Å². The summed E-state index contributed by atoms with van der Waals surface area (Å²) in [4.78, 5) is 19.0. The summed E-state index contributed by atoms with van der Waals surface area (Å²) in [6.07, 6.45) is 1.90. The van der Waals surface area contributed by atoms with Gasteiger partial charge in [-0.3, -0.25) is 4.79 Å². The number of nitrogens with zero attached hydrogens (tertiary/aromatic N) is 2. The van der Waals surface area contributed by atoms with Gasteiger partial charge in [0.2, 0.25) is 0 Å². The lowest BCUT2D eigenvalue weighted by atomic mass is 10.2. The van der Waals surface area contributed by atoms with Gasteiger partial charge >= 0.3 is 0 Å². The lowest BCUT2D eigenvalue weighted by molar-refractivity contribution is 0.355. The Kier molecular flexibility index (Phi) is 3.32. The van der Waals surface area contributed by atoms with E-state index >= 15 is 0 Å². The Morgan fingerprint density at radius 3 is 2.70 bits per heavy atom. The van der Waals surface area contributed by atoms with Crippen LogP contribution in [0.1, 0.15) is 4.88 Å². The quantitative estimate of drug-likeness (QED) is 0.573. The first-order chi connectivity index (χ1) is 11.2. The number of thiophene rings is 1. The minimum absolute atomic E-state index is 0.0619. The second kappa shape index (κ2) is 5.36. The Morgan fingerprint density at radius 1 is 1.22 bits per heavy atom. The zero-order chi connectivity index (χ0) is 16.0. The van der Waals surface area contributed by atoms with Crippen molar-refractivity contribution in [3.05, 3.63) is 49.4 Å². The highest BCUT2D eigenvalue weighted by atomic mass is 32.1. The van der Waals surface area contributed by atoms with Crippen molar-refractivity contribution >= 4 is 44.7 Å². The minimum Gasteiger partial charge on any atom is -0.493 e. The van der Waals surface area contributed by atoms with Crippen LogP contribution in [0.2, 0.25) is 0 Å². The zero-order valence-corrected chi connectivity index (χ0v) is 14.0. The van der Waals surface area contributed by atoms with Crippen molar-refractivity contribution in [2.24, 2.45) is 0 Å². The Bertz CT molecular complexity index is 1110. The average Bonchev–Trinajstić information content (AvgIpc) is 3.25. The van der Waals surface area contributed by atoms with Crippen molar-refractivity contribution in [1.29, 1.82) is 0 Å². The van der Waals surface area contributed by atoms with Crippen molar-refractivity contribution < 1.29 is 9.47 Å². The number of hydrogen-bond acceptors (Lipinski definition) is 6. The number of ether oxygens (including phenoxy) is 2. The van der Waals surface area contributed by atoms with Gasteiger partial charge in [-0.1, -0.05) is 17.4 Å². The molecule has 5 nitrogen and oxygen atoms in total. The Balaban J connectivity index is 2.03. The van der Waals surface area contributed by atoms with Gasteiger partial charge in [0, 0.05) is 17.0 Å². The molecule has 0 aliphatic rings. The number of thiazole rings is 1. The summed E-state index contributed by atoms with van der Waals surface area (Å²) in [5, 5.41) is 1.99. The first-order valence-electron chi connectivity index (χ1n) is 6.83. The van der Waals surface area contributed by atoms with Gasteiger partial charge in [0.15, 0.2) is 16.5 Å². The smallest absolute Gasteiger partial charge is 0.274 e. The van der Waals surface area contributed by atoms with Crippen LogP contribution in [0.3, 0.4) is 0 Å². The molecule has 0 atom stereocenters. The molecule has 0 saturated carbocycles. The molecule has 0 radical (unpaired) electrons. The molecule has 0 unspecified atom stereocenters. The van der Waals surface area contributed by atoms with E-state index in [-0.39, 0.29) is 5.56 Å². The van der Waals surface area contributed by atoms with Crippen molar-refractivity contribution in [2.75, 3.05) is 14.2 Å². The third-order valence-electron chi connectivity index (χ3n) is 3.56. The summed E-state index contributed by atoms with van der Waals surface area (Å²) < 4.78 is 12.9. The second-order valence-electron chi connectivity index (χ2n) is 4.86. The van der Waals surface area contributed by atoms with Crippen LogP contribution >= 0.6 is 22.7 Å². The molecule has 0 fully saturated rings. The fourth-order valence-electron chi connectivity index (χ4n) is 2.49. The number of rotatable bonds is 3. The molecule has 23 heavy (non-hydrogen) atoms. The van der Waals surface area contributed by atoms with Gasteiger partial charge in [-0.05, 0) is 17.5 Å². The van der Waals surface area contributed by atoms with Gasteiger partial charge in [-0.15, -0.1) is 11.3 Å². The van der Waals surface area contributed by atoms with Gasteiger partial charge in [0.25, 0.3) is 5.56 Å². The molecule has 0 spiro atoms. The second-order valence-corrected chi connectivity index (χ2v) is 6.85. The molecule has 0 bridgehead atoms. The van der Waals surface area contributed by atoms with E-state index in [9.17, 15) is 4.79 Å². The van der Waals surface area contributed by atoms with Gasteiger partial charge in [0.05, 0.1) is 29.8 Å². The predicted molar refractivity (Wildman–Crippen MR) is 93.1 cm³/mol. The Morgan fingerprint density at radius 2 is 2.00 bits per heavy atom. The predicted octanol–water partition coefficient (Wildman–Crippen LogP) is 2.54. The van der Waals surface area contributed by atoms with Crippen molar-refractivity contribution in [2.45, 2.75) is 0 Å². The maximum absolute atomic E-state index is 12.7. The summed E-state index contributed by atoms with van der Waals surface area (Å²) in [5.74, 6) is 1.18. The molecule has 3 aromatic heterocycles. The van der Waals surface area contributed by atoms with Crippen LogP contribution in [-0.2, 0) is 0 Å². The molecule has 4 aromatic rings. The average molecular weight is 344 g/mol. The summed E-state index contributed by atoms with van der Waals surface area (Å²) >= 11 is 2.98. The van der Waals surface area contributed by atoms with Crippen LogP contribution in [0.25, 0.3) is 22.1 Å². The minimum atomic E-state index is -0.0619. The zero-order valence-electron chi connectivity index (χ0n) is 12.4. The van der Waals surface area contributed by atoms with Gasteiger partial charge in [-0.2, -0.15) is 0 Å². The number of imidazole rings is 1. The highest BCUT2D eigenvalue weighted by Crippen LogP contribution is 2.32. The number of fused-ring (bicyclic) bond motifs is 3. The molecular formula is C16H12N2O3S2. The van der Waals surface area contributed by atoms with E-state index in [1.165, 1.54) is 11.3 Å². The summed E-state index contributed by atoms with van der Waals surface area (Å²) in [6, 6.07) is 7.53. The molecule has 0 aliphatic carbocycles. The van der Waals surface area contributed by atoms with Gasteiger partial charge in [0.1, 0.15) is 0 Å². The molecule has 4 rings (SSSR count).